The van der Waals surface area contributed by atoms with Crippen molar-refractivity contribution < 1.29 is 13.3 Å². The molecular weight excluding hydrogens is 244 g/mol. The smallest absolute Gasteiger partial charge is 0.258 e. The third kappa shape index (κ3) is 3.65. The molecule has 0 saturated heterocycles. The first kappa shape index (κ1) is 13.3. The normalized spacial score (nSPS) is 11.1. The number of benzene rings is 1. The number of hydrogen-bond donors (Lipinski definition) is 1. The van der Waals surface area contributed by atoms with E-state index in [1.165, 1.54) is 18.2 Å². The van der Waals surface area contributed by atoms with Crippen LogP contribution >= 0.6 is 0 Å². The van der Waals surface area contributed by atoms with Crippen molar-refractivity contribution in [2.24, 2.45) is 0 Å². The van der Waals surface area contributed by atoms with E-state index in [2.05, 4.69) is 11.3 Å². The summed E-state index contributed by atoms with van der Waals surface area (Å²) in [6.07, 6.45) is 2.07. The van der Waals surface area contributed by atoms with Gasteiger partial charge in [0.25, 0.3) is 5.69 Å². The van der Waals surface area contributed by atoms with Gasteiger partial charge in [-0.05, 0) is 12.5 Å². The first-order valence-electron chi connectivity index (χ1n) is 4.82. The monoisotopic (exact) mass is 256 g/mol. The van der Waals surface area contributed by atoms with Crippen LogP contribution in [0, 0.1) is 10.1 Å². The molecule has 1 aromatic rings. The summed E-state index contributed by atoms with van der Waals surface area (Å²) in [5, 5.41) is 10.5. The van der Waals surface area contributed by atoms with Gasteiger partial charge in [-0.2, -0.15) is 0 Å². The maximum absolute atomic E-state index is 11.7. The Labute approximate surface area is 99.2 Å². The van der Waals surface area contributed by atoms with Gasteiger partial charge in [0.1, 0.15) is 0 Å². The zero-order valence-electron chi connectivity index (χ0n) is 9.00. The molecule has 0 aromatic heterocycles. The second kappa shape index (κ2) is 5.55. The molecule has 1 aromatic carbocycles. The summed E-state index contributed by atoms with van der Waals surface area (Å²) in [4.78, 5) is 9.77. The van der Waals surface area contributed by atoms with Gasteiger partial charge in [-0.25, -0.2) is 13.1 Å². The van der Waals surface area contributed by atoms with Crippen LogP contribution in [0.15, 0.2) is 41.8 Å². The van der Waals surface area contributed by atoms with Gasteiger partial charge in [-0.3, -0.25) is 10.1 Å². The van der Waals surface area contributed by atoms with Crippen molar-refractivity contribution in [1.82, 2.24) is 4.72 Å². The first-order chi connectivity index (χ1) is 7.97. The van der Waals surface area contributed by atoms with Crippen molar-refractivity contribution in [3.8, 4) is 0 Å². The number of sulfonamides is 1. The molecule has 1 N–H and O–H groups in total. The van der Waals surface area contributed by atoms with E-state index in [1.807, 2.05) is 0 Å². The van der Waals surface area contributed by atoms with Crippen LogP contribution in [-0.2, 0) is 10.0 Å². The number of nitro groups is 1. The van der Waals surface area contributed by atoms with Crippen LogP contribution in [0.1, 0.15) is 6.42 Å². The fraction of sp³-hybridized carbons (Fsp3) is 0.200. The zero-order chi connectivity index (χ0) is 12.9. The largest absolute Gasteiger partial charge is 0.270 e. The molecular formula is C10H12N2O4S. The third-order valence-electron chi connectivity index (χ3n) is 1.98. The van der Waals surface area contributed by atoms with Gasteiger partial charge >= 0.3 is 0 Å². The number of non-ortho nitro benzene ring substituents is 1. The SMILES string of the molecule is C=CCCNS(=O)(=O)c1cccc([N+](=O)[O-])c1. The van der Waals surface area contributed by atoms with E-state index in [-0.39, 0.29) is 17.1 Å². The lowest BCUT2D eigenvalue weighted by Gasteiger charge is -2.04. The van der Waals surface area contributed by atoms with Gasteiger partial charge in [-0.1, -0.05) is 12.1 Å². The van der Waals surface area contributed by atoms with Gasteiger partial charge in [0.05, 0.1) is 9.82 Å². The van der Waals surface area contributed by atoms with Gasteiger partial charge < -0.3 is 0 Å². The quantitative estimate of drug-likeness (QED) is 0.361. The molecule has 0 spiro atoms. The molecule has 0 bridgehead atoms. The van der Waals surface area contributed by atoms with E-state index < -0.39 is 14.9 Å². The standard InChI is InChI=1S/C10H12N2O4S/c1-2-3-7-11-17(15,16)10-6-4-5-9(8-10)12(13)14/h2,4-6,8,11H,1,3,7H2. The van der Waals surface area contributed by atoms with Crippen molar-refractivity contribution in [2.75, 3.05) is 6.54 Å². The lowest BCUT2D eigenvalue weighted by Crippen LogP contribution is -2.24. The van der Waals surface area contributed by atoms with Gasteiger partial charge in [-0.15, -0.1) is 6.58 Å². The summed E-state index contributed by atoms with van der Waals surface area (Å²) in [7, 11) is -3.69. The number of rotatable bonds is 6. The zero-order valence-corrected chi connectivity index (χ0v) is 9.81. The van der Waals surface area contributed by atoms with E-state index in [1.54, 1.807) is 6.08 Å². The van der Waals surface area contributed by atoms with Crippen molar-refractivity contribution in [3.05, 3.63) is 47.0 Å². The Kier molecular flexibility index (Phi) is 4.36. The highest BCUT2D eigenvalue weighted by atomic mass is 32.2. The van der Waals surface area contributed by atoms with Crippen LogP contribution in [0.5, 0.6) is 0 Å². The molecule has 6 nitrogen and oxygen atoms in total. The van der Waals surface area contributed by atoms with Crippen LogP contribution in [0.2, 0.25) is 0 Å². The molecule has 0 aliphatic carbocycles. The Bertz CT molecular complexity index is 525. The van der Waals surface area contributed by atoms with Crippen LogP contribution in [0.4, 0.5) is 5.69 Å². The highest BCUT2D eigenvalue weighted by molar-refractivity contribution is 7.89. The third-order valence-corrected chi connectivity index (χ3v) is 3.44. The lowest BCUT2D eigenvalue weighted by molar-refractivity contribution is -0.385. The molecule has 0 fully saturated rings. The van der Waals surface area contributed by atoms with Crippen LogP contribution in [0.3, 0.4) is 0 Å². The molecule has 0 saturated carbocycles. The highest BCUT2D eigenvalue weighted by Gasteiger charge is 2.16. The van der Waals surface area contributed by atoms with Crippen molar-refractivity contribution in [3.63, 3.8) is 0 Å². The number of nitrogens with one attached hydrogen (secondary N) is 1. The minimum atomic E-state index is -3.69. The summed E-state index contributed by atoms with van der Waals surface area (Å²) in [6.45, 7) is 3.68. The average molecular weight is 256 g/mol. The van der Waals surface area contributed by atoms with E-state index in [9.17, 15) is 18.5 Å². The summed E-state index contributed by atoms with van der Waals surface area (Å²) >= 11 is 0. The molecule has 7 heteroatoms. The van der Waals surface area contributed by atoms with Gasteiger partial charge in [0.2, 0.25) is 10.0 Å². The van der Waals surface area contributed by atoms with E-state index in [4.69, 9.17) is 0 Å². The molecule has 1 rings (SSSR count). The average Bonchev–Trinajstić information content (AvgIpc) is 2.29. The van der Waals surface area contributed by atoms with Crippen LogP contribution in [-0.4, -0.2) is 19.9 Å². The summed E-state index contributed by atoms with van der Waals surface area (Å²) < 4.78 is 25.7. The van der Waals surface area contributed by atoms with Gasteiger partial charge in [0, 0.05) is 18.7 Å². The minimum Gasteiger partial charge on any atom is -0.258 e. The second-order valence-corrected chi connectivity index (χ2v) is 5.00. The first-order valence-corrected chi connectivity index (χ1v) is 6.30. The van der Waals surface area contributed by atoms with Crippen molar-refractivity contribution in [1.29, 1.82) is 0 Å². The maximum Gasteiger partial charge on any atom is 0.270 e. The van der Waals surface area contributed by atoms with Crippen molar-refractivity contribution in [2.45, 2.75) is 11.3 Å². The molecule has 92 valence electrons. The highest BCUT2D eigenvalue weighted by Crippen LogP contribution is 2.16. The maximum atomic E-state index is 11.7. The molecule has 0 radical (unpaired) electrons. The minimum absolute atomic E-state index is 0.115. The molecule has 0 aliphatic heterocycles. The van der Waals surface area contributed by atoms with Gasteiger partial charge in [0.15, 0.2) is 0 Å². The van der Waals surface area contributed by atoms with Crippen LogP contribution in [0.25, 0.3) is 0 Å². The fourth-order valence-electron chi connectivity index (χ4n) is 1.14. The molecule has 0 amide bonds. The Balaban J connectivity index is 2.94. The van der Waals surface area contributed by atoms with E-state index in [0.29, 0.717) is 6.42 Å². The predicted octanol–water partition coefficient (Wildman–Crippen LogP) is 1.45. The van der Waals surface area contributed by atoms with Crippen molar-refractivity contribution >= 4 is 15.7 Å². The summed E-state index contributed by atoms with van der Waals surface area (Å²) in [5.74, 6) is 0. The molecule has 0 aliphatic rings. The summed E-state index contributed by atoms with van der Waals surface area (Å²) in [6, 6.07) is 4.91. The number of nitrogens with zero attached hydrogens (tertiary/aromatic N) is 1. The van der Waals surface area contributed by atoms with E-state index in [0.717, 1.165) is 6.07 Å². The van der Waals surface area contributed by atoms with E-state index >= 15 is 0 Å². The molecule has 0 heterocycles. The fourth-order valence-corrected chi connectivity index (χ4v) is 2.23. The topological polar surface area (TPSA) is 89.3 Å². The lowest BCUT2D eigenvalue weighted by atomic mass is 10.3. The molecule has 17 heavy (non-hydrogen) atoms. The number of nitro benzene ring substituents is 1. The predicted molar refractivity (Wildman–Crippen MR) is 63.1 cm³/mol. The Hall–Kier alpha value is -1.73. The Morgan fingerprint density at radius 3 is 2.76 bits per heavy atom. The molecule has 0 unspecified atom stereocenters. The summed E-state index contributed by atoms with van der Waals surface area (Å²) in [5.41, 5.74) is -0.253. The molecule has 0 atom stereocenters. The second-order valence-electron chi connectivity index (χ2n) is 3.23. The number of hydrogen-bond acceptors (Lipinski definition) is 4. The van der Waals surface area contributed by atoms with Crippen LogP contribution < -0.4 is 4.72 Å². The Morgan fingerprint density at radius 1 is 1.47 bits per heavy atom. The Morgan fingerprint density at radius 2 is 2.18 bits per heavy atom.